The molecule has 1 atom stereocenters. The van der Waals surface area contributed by atoms with Crippen LogP contribution in [0.15, 0.2) is 24.3 Å². The summed E-state index contributed by atoms with van der Waals surface area (Å²) in [5.74, 6) is 0.296. The van der Waals surface area contributed by atoms with E-state index in [9.17, 15) is 13.2 Å². The standard InChI is InChI=1S/C14H21NO4S/c1-5-11(2)15(12(3)16)10-13-6-8-14(9-7-13)19-20(4,17)18/h6-9,11H,5,10H2,1-4H3/t11-/m0/s1. The van der Waals surface area contributed by atoms with Gasteiger partial charge in [-0.1, -0.05) is 19.1 Å². The van der Waals surface area contributed by atoms with Gasteiger partial charge in [-0.15, -0.1) is 0 Å². The van der Waals surface area contributed by atoms with Crippen molar-refractivity contribution in [1.82, 2.24) is 4.90 Å². The monoisotopic (exact) mass is 299 g/mol. The van der Waals surface area contributed by atoms with Crippen molar-refractivity contribution in [2.45, 2.75) is 39.8 Å². The number of hydrogen-bond acceptors (Lipinski definition) is 4. The number of benzene rings is 1. The highest BCUT2D eigenvalue weighted by molar-refractivity contribution is 7.86. The van der Waals surface area contributed by atoms with Crippen molar-refractivity contribution in [2.24, 2.45) is 0 Å². The van der Waals surface area contributed by atoms with Crippen molar-refractivity contribution in [1.29, 1.82) is 0 Å². The van der Waals surface area contributed by atoms with E-state index in [1.54, 1.807) is 36.1 Å². The van der Waals surface area contributed by atoms with E-state index in [0.29, 0.717) is 6.54 Å². The van der Waals surface area contributed by atoms with Crippen LogP contribution in [-0.4, -0.2) is 31.5 Å². The van der Waals surface area contributed by atoms with E-state index >= 15 is 0 Å². The normalized spacial score (nSPS) is 12.8. The molecular weight excluding hydrogens is 278 g/mol. The summed E-state index contributed by atoms with van der Waals surface area (Å²) >= 11 is 0. The third-order valence-electron chi connectivity index (χ3n) is 3.05. The zero-order chi connectivity index (χ0) is 15.3. The van der Waals surface area contributed by atoms with Crippen molar-refractivity contribution >= 4 is 16.0 Å². The van der Waals surface area contributed by atoms with E-state index in [2.05, 4.69) is 0 Å². The first-order valence-corrected chi connectivity index (χ1v) is 8.30. The molecule has 0 heterocycles. The predicted molar refractivity (Wildman–Crippen MR) is 77.9 cm³/mol. The van der Waals surface area contributed by atoms with Gasteiger partial charge in [0.15, 0.2) is 0 Å². The Bertz CT molecular complexity index is 551. The van der Waals surface area contributed by atoms with Crippen LogP contribution < -0.4 is 4.18 Å². The number of rotatable bonds is 6. The van der Waals surface area contributed by atoms with Gasteiger partial charge >= 0.3 is 10.1 Å². The minimum absolute atomic E-state index is 0.0239. The molecule has 6 heteroatoms. The molecule has 1 aromatic rings. The van der Waals surface area contributed by atoms with E-state index in [-0.39, 0.29) is 17.7 Å². The summed E-state index contributed by atoms with van der Waals surface area (Å²) in [6, 6.07) is 6.87. The van der Waals surface area contributed by atoms with Gasteiger partial charge in [0.25, 0.3) is 0 Å². The average Bonchev–Trinajstić information content (AvgIpc) is 2.34. The Morgan fingerprint density at radius 2 is 1.85 bits per heavy atom. The van der Waals surface area contributed by atoms with Crippen LogP contribution in [0.3, 0.4) is 0 Å². The molecule has 0 aromatic heterocycles. The third-order valence-corrected chi connectivity index (χ3v) is 3.55. The third kappa shape index (κ3) is 5.21. The zero-order valence-electron chi connectivity index (χ0n) is 12.3. The van der Waals surface area contributed by atoms with Gasteiger partial charge in [-0.25, -0.2) is 0 Å². The van der Waals surface area contributed by atoms with Crippen LogP contribution in [0.4, 0.5) is 0 Å². The second kappa shape index (κ2) is 6.74. The number of carbonyl (C=O) groups is 1. The van der Waals surface area contributed by atoms with E-state index < -0.39 is 10.1 Å². The molecular formula is C14H21NO4S. The summed E-state index contributed by atoms with van der Waals surface area (Å²) in [5.41, 5.74) is 0.932. The average molecular weight is 299 g/mol. The fraction of sp³-hybridized carbons (Fsp3) is 0.500. The van der Waals surface area contributed by atoms with Crippen LogP contribution in [0.5, 0.6) is 5.75 Å². The molecule has 112 valence electrons. The topological polar surface area (TPSA) is 63.7 Å². The highest BCUT2D eigenvalue weighted by Crippen LogP contribution is 2.17. The van der Waals surface area contributed by atoms with Crippen LogP contribution in [0, 0.1) is 0 Å². The Kier molecular flexibility index (Phi) is 5.56. The summed E-state index contributed by atoms with van der Waals surface area (Å²) < 4.78 is 26.8. The van der Waals surface area contributed by atoms with Gasteiger partial charge in [-0.3, -0.25) is 4.79 Å². The first-order valence-electron chi connectivity index (χ1n) is 6.48. The first kappa shape index (κ1) is 16.5. The number of nitrogens with zero attached hydrogens (tertiary/aromatic N) is 1. The molecule has 0 aliphatic heterocycles. The van der Waals surface area contributed by atoms with E-state index in [0.717, 1.165) is 18.2 Å². The Labute approximate surface area is 120 Å². The van der Waals surface area contributed by atoms with E-state index in [4.69, 9.17) is 4.18 Å². The molecule has 1 amide bonds. The number of hydrogen-bond donors (Lipinski definition) is 0. The molecule has 0 unspecified atom stereocenters. The van der Waals surface area contributed by atoms with Gasteiger partial charge in [-0.05, 0) is 31.0 Å². The fourth-order valence-electron chi connectivity index (χ4n) is 1.82. The van der Waals surface area contributed by atoms with Gasteiger partial charge in [0.2, 0.25) is 5.91 Å². The van der Waals surface area contributed by atoms with Gasteiger partial charge in [-0.2, -0.15) is 8.42 Å². The maximum absolute atomic E-state index is 11.6. The Balaban J connectivity index is 2.80. The Hall–Kier alpha value is -1.56. The van der Waals surface area contributed by atoms with Crippen molar-refractivity contribution < 1.29 is 17.4 Å². The summed E-state index contributed by atoms with van der Waals surface area (Å²) in [6.45, 7) is 6.09. The summed E-state index contributed by atoms with van der Waals surface area (Å²) in [5, 5.41) is 0. The quantitative estimate of drug-likeness (QED) is 0.755. The van der Waals surface area contributed by atoms with Crippen LogP contribution in [0.2, 0.25) is 0 Å². The molecule has 0 bridgehead atoms. The molecule has 1 aromatic carbocycles. The molecule has 20 heavy (non-hydrogen) atoms. The highest BCUT2D eigenvalue weighted by atomic mass is 32.2. The van der Waals surface area contributed by atoms with Gasteiger partial charge in [0.1, 0.15) is 5.75 Å². The van der Waals surface area contributed by atoms with Crippen LogP contribution in [0.25, 0.3) is 0 Å². The fourth-order valence-corrected chi connectivity index (χ4v) is 2.28. The first-order chi connectivity index (χ1) is 9.23. The molecule has 0 spiro atoms. The number of amides is 1. The minimum Gasteiger partial charge on any atom is -0.383 e. The molecule has 0 N–H and O–H groups in total. The second-order valence-electron chi connectivity index (χ2n) is 4.84. The summed E-state index contributed by atoms with van der Waals surface area (Å²) in [6.07, 6.45) is 1.89. The Morgan fingerprint density at radius 3 is 2.25 bits per heavy atom. The summed E-state index contributed by atoms with van der Waals surface area (Å²) in [4.78, 5) is 13.4. The number of carbonyl (C=O) groups excluding carboxylic acids is 1. The van der Waals surface area contributed by atoms with E-state index in [1.807, 2.05) is 13.8 Å². The minimum atomic E-state index is -3.51. The summed E-state index contributed by atoms with van der Waals surface area (Å²) in [7, 11) is -3.51. The maximum Gasteiger partial charge on any atom is 0.306 e. The Morgan fingerprint density at radius 1 is 1.30 bits per heavy atom. The molecule has 5 nitrogen and oxygen atoms in total. The lowest BCUT2D eigenvalue weighted by Gasteiger charge is -2.27. The lowest BCUT2D eigenvalue weighted by molar-refractivity contribution is -0.131. The molecule has 0 saturated carbocycles. The SMILES string of the molecule is CC[C@H](C)N(Cc1ccc(OS(C)(=O)=O)cc1)C(C)=O. The molecule has 0 radical (unpaired) electrons. The highest BCUT2D eigenvalue weighted by Gasteiger charge is 2.15. The van der Waals surface area contributed by atoms with Gasteiger partial charge < -0.3 is 9.08 Å². The van der Waals surface area contributed by atoms with Crippen LogP contribution >= 0.6 is 0 Å². The van der Waals surface area contributed by atoms with Crippen molar-refractivity contribution in [3.8, 4) is 5.75 Å². The smallest absolute Gasteiger partial charge is 0.306 e. The molecule has 1 rings (SSSR count). The zero-order valence-corrected chi connectivity index (χ0v) is 13.1. The molecule has 0 saturated heterocycles. The van der Waals surface area contributed by atoms with Gasteiger partial charge in [0.05, 0.1) is 6.26 Å². The lowest BCUT2D eigenvalue weighted by atomic mass is 10.1. The molecule has 0 aliphatic carbocycles. The predicted octanol–water partition coefficient (Wildman–Crippen LogP) is 2.17. The van der Waals surface area contributed by atoms with E-state index in [1.165, 1.54) is 0 Å². The molecule has 0 fully saturated rings. The van der Waals surface area contributed by atoms with Crippen LogP contribution in [0.1, 0.15) is 32.8 Å². The van der Waals surface area contributed by atoms with Crippen LogP contribution in [-0.2, 0) is 21.5 Å². The van der Waals surface area contributed by atoms with Gasteiger partial charge in [0, 0.05) is 19.5 Å². The largest absolute Gasteiger partial charge is 0.383 e. The lowest BCUT2D eigenvalue weighted by Crippen LogP contribution is -2.36. The molecule has 0 aliphatic rings. The second-order valence-corrected chi connectivity index (χ2v) is 6.41. The van der Waals surface area contributed by atoms with Crippen molar-refractivity contribution in [3.63, 3.8) is 0 Å². The maximum atomic E-state index is 11.6. The van der Waals surface area contributed by atoms with Crippen molar-refractivity contribution in [3.05, 3.63) is 29.8 Å². The van der Waals surface area contributed by atoms with Crippen molar-refractivity contribution in [2.75, 3.05) is 6.26 Å².